The van der Waals surface area contributed by atoms with Crippen LogP contribution in [-0.2, 0) is 9.53 Å². The van der Waals surface area contributed by atoms with E-state index in [4.69, 9.17) is 9.72 Å². The maximum atomic E-state index is 14.9. The predicted octanol–water partition coefficient (Wildman–Crippen LogP) is 5.00. The number of fused-ring (bicyclic) bond motifs is 1. The van der Waals surface area contributed by atoms with Gasteiger partial charge >= 0.3 is 5.97 Å². The second-order valence-corrected chi connectivity index (χ2v) is 8.38. The maximum Gasteiger partial charge on any atom is 0.308 e. The number of pyridine rings is 1. The van der Waals surface area contributed by atoms with Crippen molar-refractivity contribution in [3.63, 3.8) is 0 Å². The van der Waals surface area contributed by atoms with Gasteiger partial charge in [0.15, 0.2) is 0 Å². The summed E-state index contributed by atoms with van der Waals surface area (Å²) >= 11 is 0. The van der Waals surface area contributed by atoms with Gasteiger partial charge in [-0.05, 0) is 31.9 Å². The predicted molar refractivity (Wildman–Crippen MR) is 126 cm³/mol. The van der Waals surface area contributed by atoms with Gasteiger partial charge in [0.05, 0.1) is 36.4 Å². The number of aliphatic hydroxyl groups is 2. The zero-order chi connectivity index (χ0) is 23.4. The van der Waals surface area contributed by atoms with Crippen LogP contribution in [0, 0.1) is 5.82 Å². The highest BCUT2D eigenvalue weighted by molar-refractivity contribution is 5.99. The molecule has 0 aliphatic heterocycles. The Bertz CT molecular complexity index is 1170. The van der Waals surface area contributed by atoms with Gasteiger partial charge in [0.2, 0.25) is 0 Å². The first-order valence-electron chi connectivity index (χ1n) is 11.4. The molecule has 1 aromatic heterocycles. The molecule has 1 aliphatic rings. The Morgan fingerprint density at radius 2 is 1.91 bits per heavy atom. The van der Waals surface area contributed by atoms with E-state index in [1.807, 2.05) is 24.3 Å². The van der Waals surface area contributed by atoms with E-state index in [-0.39, 0.29) is 25.3 Å². The molecule has 1 saturated carbocycles. The molecule has 0 amide bonds. The third-order valence-corrected chi connectivity index (χ3v) is 5.77. The number of rotatable bonds is 9. The number of para-hydroxylation sites is 1. The SMILES string of the molecule is CCOC(=O)C[C@H](O)C[C@H](O)C=Cc1c(C2CC2)nc2ccccc2c1-c1ccccc1F. The number of ether oxygens (including phenoxy) is 1. The average Bonchev–Trinajstić information content (AvgIpc) is 3.63. The number of esters is 1. The van der Waals surface area contributed by atoms with Crippen molar-refractivity contribution in [3.05, 3.63) is 71.7 Å². The Kier molecular flexibility index (Phi) is 7.16. The standard InChI is InChI=1S/C27H28FNO4/c1-2-33-25(32)16-19(31)15-18(30)13-14-22-26(20-7-3-5-9-23(20)28)21-8-4-6-10-24(21)29-27(22)17-11-12-17/h3-10,13-14,17-19,30-31H,2,11-12,15-16H2,1H3/t18-,19-/m1/s1. The van der Waals surface area contributed by atoms with Gasteiger partial charge < -0.3 is 14.9 Å². The van der Waals surface area contributed by atoms with Gasteiger partial charge in [0.25, 0.3) is 0 Å². The van der Waals surface area contributed by atoms with Crippen LogP contribution in [0.25, 0.3) is 28.1 Å². The summed E-state index contributed by atoms with van der Waals surface area (Å²) in [4.78, 5) is 16.5. The third kappa shape index (κ3) is 5.46. The molecule has 1 fully saturated rings. The molecule has 0 saturated heterocycles. The molecule has 0 spiro atoms. The number of aliphatic hydroxyl groups excluding tert-OH is 2. The van der Waals surface area contributed by atoms with Crippen LogP contribution in [0.3, 0.4) is 0 Å². The normalized spacial score (nSPS) is 15.6. The molecule has 2 N–H and O–H groups in total. The van der Waals surface area contributed by atoms with E-state index in [1.165, 1.54) is 6.07 Å². The summed E-state index contributed by atoms with van der Waals surface area (Å²) in [6.45, 7) is 1.94. The Hall–Kier alpha value is -3.09. The van der Waals surface area contributed by atoms with Crippen LogP contribution < -0.4 is 0 Å². The van der Waals surface area contributed by atoms with Gasteiger partial charge in [-0.1, -0.05) is 48.6 Å². The highest BCUT2D eigenvalue weighted by Crippen LogP contribution is 2.45. The summed E-state index contributed by atoms with van der Waals surface area (Å²) in [5.41, 5.74) is 3.70. The molecule has 1 aliphatic carbocycles. The maximum absolute atomic E-state index is 14.9. The summed E-state index contributed by atoms with van der Waals surface area (Å²) < 4.78 is 19.8. The number of nitrogens with zero attached hydrogens (tertiary/aromatic N) is 1. The summed E-state index contributed by atoms with van der Waals surface area (Å²) in [5.74, 6) is -0.528. The van der Waals surface area contributed by atoms with Gasteiger partial charge in [0.1, 0.15) is 5.82 Å². The van der Waals surface area contributed by atoms with Gasteiger partial charge in [-0.2, -0.15) is 0 Å². The van der Waals surface area contributed by atoms with Crippen LogP contribution >= 0.6 is 0 Å². The van der Waals surface area contributed by atoms with Crippen LogP contribution in [0.1, 0.15) is 49.8 Å². The molecule has 5 nitrogen and oxygen atoms in total. The summed E-state index contributed by atoms with van der Waals surface area (Å²) in [6.07, 6.45) is 3.20. The second-order valence-electron chi connectivity index (χ2n) is 8.38. The van der Waals surface area contributed by atoms with Crippen LogP contribution in [0.15, 0.2) is 54.6 Å². The molecule has 0 bridgehead atoms. The van der Waals surface area contributed by atoms with Crippen molar-refractivity contribution in [2.75, 3.05) is 6.61 Å². The fourth-order valence-electron chi connectivity index (χ4n) is 4.10. The Balaban J connectivity index is 1.72. The highest BCUT2D eigenvalue weighted by Gasteiger charge is 2.30. The average molecular weight is 450 g/mol. The molecule has 33 heavy (non-hydrogen) atoms. The zero-order valence-electron chi connectivity index (χ0n) is 18.6. The lowest BCUT2D eigenvalue weighted by Gasteiger charge is -2.17. The van der Waals surface area contributed by atoms with Crippen molar-refractivity contribution in [2.24, 2.45) is 0 Å². The quantitative estimate of drug-likeness (QED) is 0.450. The van der Waals surface area contributed by atoms with E-state index in [9.17, 15) is 19.4 Å². The molecule has 1 heterocycles. The van der Waals surface area contributed by atoms with Crippen LogP contribution in [0.5, 0.6) is 0 Å². The minimum Gasteiger partial charge on any atom is -0.466 e. The topological polar surface area (TPSA) is 79.7 Å². The minimum absolute atomic E-state index is 0.00980. The monoisotopic (exact) mass is 449 g/mol. The van der Waals surface area contributed by atoms with Gasteiger partial charge in [-0.3, -0.25) is 9.78 Å². The molecule has 4 rings (SSSR count). The lowest BCUT2D eigenvalue weighted by molar-refractivity contribution is -0.145. The number of hydrogen-bond donors (Lipinski definition) is 2. The first kappa shape index (κ1) is 23.1. The molecule has 6 heteroatoms. The molecule has 3 aromatic rings. The van der Waals surface area contributed by atoms with Crippen LogP contribution in [0.4, 0.5) is 4.39 Å². The molecule has 0 radical (unpaired) electrons. The first-order chi connectivity index (χ1) is 16.0. The largest absolute Gasteiger partial charge is 0.466 e. The van der Waals surface area contributed by atoms with Crippen molar-refractivity contribution in [3.8, 4) is 11.1 Å². The Morgan fingerprint density at radius 1 is 1.18 bits per heavy atom. The Labute approximate surface area is 192 Å². The molecular weight excluding hydrogens is 421 g/mol. The fraction of sp³-hybridized carbons (Fsp3) is 0.333. The van der Waals surface area contributed by atoms with Crippen LogP contribution in [-0.4, -0.2) is 40.0 Å². The lowest BCUT2D eigenvalue weighted by atomic mass is 9.92. The third-order valence-electron chi connectivity index (χ3n) is 5.77. The van der Waals surface area contributed by atoms with Crippen molar-refractivity contribution in [1.82, 2.24) is 4.98 Å². The van der Waals surface area contributed by atoms with Gasteiger partial charge in [-0.25, -0.2) is 4.39 Å². The van der Waals surface area contributed by atoms with Gasteiger partial charge in [0, 0.05) is 34.4 Å². The number of hydrogen-bond acceptors (Lipinski definition) is 5. The van der Waals surface area contributed by atoms with Crippen molar-refractivity contribution in [2.45, 2.75) is 50.7 Å². The van der Waals surface area contributed by atoms with Gasteiger partial charge in [-0.15, -0.1) is 0 Å². The lowest BCUT2D eigenvalue weighted by Crippen LogP contribution is -2.20. The summed E-state index contributed by atoms with van der Waals surface area (Å²) in [6, 6.07) is 14.3. The Morgan fingerprint density at radius 3 is 2.64 bits per heavy atom. The fourth-order valence-corrected chi connectivity index (χ4v) is 4.10. The molecule has 0 unspecified atom stereocenters. The molecule has 2 atom stereocenters. The molecular formula is C27H28FNO4. The molecule has 172 valence electrons. The van der Waals surface area contributed by atoms with E-state index >= 15 is 0 Å². The number of benzene rings is 2. The van der Waals surface area contributed by atoms with Crippen molar-refractivity contribution >= 4 is 22.9 Å². The number of carbonyl (C=O) groups is 1. The van der Waals surface area contributed by atoms with E-state index in [0.717, 1.165) is 40.6 Å². The van der Waals surface area contributed by atoms with E-state index in [2.05, 4.69) is 0 Å². The number of aromatic nitrogens is 1. The van der Waals surface area contributed by atoms with E-state index < -0.39 is 18.2 Å². The summed E-state index contributed by atoms with van der Waals surface area (Å²) in [5, 5.41) is 21.5. The highest BCUT2D eigenvalue weighted by atomic mass is 19.1. The van der Waals surface area contributed by atoms with E-state index in [0.29, 0.717) is 11.5 Å². The van der Waals surface area contributed by atoms with Crippen molar-refractivity contribution < 1.29 is 24.1 Å². The smallest absolute Gasteiger partial charge is 0.308 e. The molecule has 2 aromatic carbocycles. The number of carbonyl (C=O) groups excluding carboxylic acids is 1. The van der Waals surface area contributed by atoms with E-state index in [1.54, 1.807) is 37.3 Å². The second kappa shape index (κ2) is 10.2. The zero-order valence-corrected chi connectivity index (χ0v) is 18.6. The summed E-state index contributed by atoms with van der Waals surface area (Å²) in [7, 11) is 0. The first-order valence-corrected chi connectivity index (χ1v) is 11.4. The van der Waals surface area contributed by atoms with Crippen molar-refractivity contribution in [1.29, 1.82) is 0 Å². The number of halogens is 1. The van der Waals surface area contributed by atoms with Crippen LogP contribution in [0.2, 0.25) is 0 Å². The minimum atomic E-state index is -1.02.